The molecular weight excluding hydrogens is 422 g/mol. The molecule has 8 nitrogen and oxygen atoms in total. The minimum Gasteiger partial charge on any atom is -0.454 e. The van der Waals surface area contributed by atoms with E-state index in [2.05, 4.69) is 15.6 Å². The number of pyridine rings is 1. The van der Waals surface area contributed by atoms with Crippen molar-refractivity contribution in [3.05, 3.63) is 99.8 Å². The minimum absolute atomic E-state index is 0.181. The number of hydrogen-bond acceptors (Lipinski definition) is 5. The first kappa shape index (κ1) is 20.3. The highest BCUT2D eigenvalue weighted by Gasteiger charge is 2.17. The van der Waals surface area contributed by atoms with E-state index in [0.29, 0.717) is 33.7 Å². The highest BCUT2D eigenvalue weighted by Crippen LogP contribution is 2.32. The van der Waals surface area contributed by atoms with Crippen LogP contribution in [0.5, 0.6) is 11.5 Å². The molecule has 0 aliphatic carbocycles. The molecule has 0 bridgehead atoms. The third-order valence-electron chi connectivity index (χ3n) is 5.31. The molecule has 33 heavy (non-hydrogen) atoms. The van der Waals surface area contributed by atoms with Crippen LogP contribution in [0, 0.1) is 0 Å². The zero-order valence-corrected chi connectivity index (χ0v) is 17.4. The molecule has 5 rings (SSSR count). The number of aromatic amines is 1. The summed E-state index contributed by atoms with van der Waals surface area (Å²) in [4.78, 5) is 40.6. The van der Waals surface area contributed by atoms with Crippen LogP contribution in [-0.4, -0.2) is 23.6 Å². The van der Waals surface area contributed by atoms with Crippen molar-refractivity contribution in [3.63, 3.8) is 0 Å². The number of H-pyrrole nitrogens is 1. The van der Waals surface area contributed by atoms with Crippen molar-refractivity contribution in [1.29, 1.82) is 0 Å². The van der Waals surface area contributed by atoms with Crippen molar-refractivity contribution in [3.8, 4) is 11.5 Å². The SMILES string of the molecule is O=C(NCc1ccc2c(c1)OCO2)c1ccccc1NC(=O)c1cc(=O)[nH]c2ccccc12. The number of para-hydroxylation sites is 2. The van der Waals surface area contributed by atoms with E-state index in [4.69, 9.17) is 9.47 Å². The van der Waals surface area contributed by atoms with Gasteiger partial charge in [-0.3, -0.25) is 14.4 Å². The van der Waals surface area contributed by atoms with Crippen molar-refractivity contribution in [2.45, 2.75) is 6.54 Å². The molecule has 4 aromatic rings. The lowest BCUT2D eigenvalue weighted by molar-refractivity contribution is 0.0951. The van der Waals surface area contributed by atoms with Gasteiger partial charge in [0.25, 0.3) is 11.8 Å². The van der Waals surface area contributed by atoms with E-state index < -0.39 is 5.91 Å². The number of carbonyl (C=O) groups is 2. The first-order valence-corrected chi connectivity index (χ1v) is 10.3. The van der Waals surface area contributed by atoms with Crippen LogP contribution >= 0.6 is 0 Å². The third kappa shape index (κ3) is 4.14. The van der Waals surface area contributed by atoms with Crippen LogP contribution in [0.1, 0.15) is 26.3 Å². The first-order valence-electron chi connectivity index (χ1n) is 10.3. The second-order valence-electron chi connectivity index (χ2n) is 7.46. The third-order valence-corrected chi connectivity index (χ3v) is 5.31. The normalized spacial score (nSPS) is 11.9. The number of carbonyl (C=O) groups excluding carboxylic acids is 2. The van der Waals surface area contributed by atoms with Crippen LogP contribution in [0.2, 0.25) is 0 Å². The Morgan fingerprint density at radius 3 is 2.55 bits per heavy atom. The zero-order chi connectivity index (χ0) is 22.8. The summed E-state index contributed by atoms with van der Waals surface area (Å²) in [6, 6.07) is 20.5. The fraction of sp³-hybridized carbons (Fsp3) is 0.0800. The largest absolute Gasteiger partial charge is 0.454 e. The molecular formula is C25H19N3O5. The van der Waals surface area contributed by atoms with Gasteiger partial charge in [0.1, 0.15) is 0 Å². The maximum Gasteiger partial charge on any atom is 0.256 e. The summed E-state index contributed by atoms with van der Waals surface area (Å²) in [6.07, 6.45) is 0. The van der Waals surface area contributed by atoms with Gasteiger partial charge in [-0.25, -0.2) is 0 Å². The van der Waals surface area contributed by atoms with E-state index in [9.17, 15) is 14.4 Å². The number of nitrogens with one attached hydrogen (secondary N) is 3. The van der Waals surface area contributed by atoms with Gasteiger partial charge in [-0.05, 0) is 35.9 Å². The number of ether oxygens (including phenoxy) is 2. The smallest absolute Gasteiger partial charge is 0.256 e. The summed E-state index contributed by atoms with van der Waals surface area (Å²) in [5.74, 6) is 0.484. The van der Waals surface area contributed by atoms with Crippen molar-refractivity contribution < 1.29 is 19.1 Å². The molecule has 8 heteroatoms. The molecule has 1 aliphatic rings. The monoisotopic (exact) mass is 441 g/mol. The minimum atomic E-state index is -0.478. The molecule has 0 spiro atoms. The Bertz CT molecular complexity index is 1440. The molecule has 0 fully saturated rings. The summed E-state index contributed by atoms with van der Waals surface area (Å²) in [7, 11) is 0. The average molecular weight is 441 g/mol. The second kappa shape index (κ2) is 8.51. The summed E-state index contributed by atoms with van der Waals surface area (Å²) >= 11 is 0. The molecule has 1 aliphatic heterocycles. The molecule has 164 valence electrons. The van der Waals surface area contributed by atoms with Gasteiger partial charge in [0.05, 0.1) is 16.8 Å². The summed E-state index contributed by atoms with van der Waals surface area (Å²) in [5.41, 5.74) is 1.91. The molecule has 1 aromatic heterocycles. The summed E-state index contributed by atoms with van der Waals surface area (Å²) in [6.45, 7) is 0.456. The topological polar surface area (TPSA) is 110 Å². The molecule has 2 amide bonds. The lowest BCUT2D eigenvalue weighted by atomic mass is 10.1. The number of amides is 2. The van der Waals surface area contributed by atoms with E-state index in [1.54, 1.807) is 54.6 Å². The molecule has 2 heterocycles. The number of rotatable bonds is 5. The van der Waals surface area contributed by atoms with Gasteiger partial charge in [0.15, 0.2) is 11.5 Å². The molecule has 3 aromatic carbocycles. The van der Waals surface area contributed by atoms with Gasteiger partial charge in [-0.15, -0.1) is 0 Å². The number of fused-ring (bicyclic) bond motifs is 2. The van der Waals surface area contributed by atoms with Gasteiger partial charge >= 0.3 is 0 Å². The highest BCUT2D eigenvalue weighted by molar-refractivity contribution is 6.14. The number of aromatic nitrogens is 1. The number of anilines is 1. The lowest BCUT2D eigenvalue weighted by Gasteiger charge is -2.12. The van der Waals surface area contributed by atoms with E-state index in [1.165, 1.54) is 6.07 Å². The lowest BCUT2D eigenvalue weighted by Crippen LogP contribution is -2.25. The van der Waals surface area contributed by atoms with E-state index in [0.717, 1.165) is 5.56 Å². The molecule has 0 saturated heterocycles. The van der Waals surface area contributed by atoms with E-state index in [1.807, 2.05) is 12.1 Å². The maximum atomic E-state index is 13.0. The van der Waals surface area contributed by atoms with Crippen LogP contribution in [-0.2, 0) is 6.54 Å². The fourth-order valence-corrected chi connectivity index (χ4v) is 3.70. The van der Waals surface area contributed by atoms with Crippen LogP contribution in [0.3, 0.4) is 0 Å². The van der Waals surface area contributed by atoms with Gasteiger partial charge in [0, 0.05) is 23.5 Å². The summed E-state index contributed by atoms with van der Waals surface area (Å²) < 4.78 is 10.7. The quantitative estimate of drug-likeness (QED) is 0.440. The molecule has 0 unspecified atom stereocenters. The highest BCUT2D eigenvalue weighted by atomic mass is 16.7. The fourth-order valence-electron chi connectivity index (χ4n) is 3.70. The van der Waals surface area contributed by atoms with Gasteiger partial charge in [-0.2, -0.15) is 0 Å². The van der Waals surface area contributed by atoms with Crippen LogP contribution < -0.4 is 25.7 Å². The molecule has 0 radical (unpaired) electrons. The Morgan fingerprint density at radius 1 is 0.848 bits per heavy atom. The predicted octanol–water partition coefficient (Wildman–Crippen LogP) is 3.44. The van der Waals surface area contributed by atoms with Crippen LogP contribution in [0.25, 0.3) is 10.9 Å². The Hall–Kier alpha value is -4.59. The van der Waals surface area contributed by atoms with Crippen LogP contribution in [0.15, 0.2) is 77.6 Å². The van der Waals surface area contributed by atoms with Crippen molar-refractivity contribution in [2.24, 2.45) is 0 Å². The zero-order valence-electron chi connectivity index (χ0n) is 17.4. The van der Waals surface area contributed by atoms with Crippen molar-refractivity contribution >= 4 is 28.4 Å². The van der Waals surface area contributed by atoms with Gasteiger partial charge < -0.3 is 25.1 Å². The first-order chi connectivity index (χ1) is 16.1. The Morgan fingerprint density at radius 2 is 1.64 bits per heavy atom. The van der Waals surface area contributed by atoms with Gasteiger partial charge in [0.2, 0.25) is 12.4 Å². The van der Waals surface area contributed by atoms with Crippen molar-refractivity contribution in [1.82, 2.24) is 10.3 Å². The van der Waals surface area contributed by atoms with Gasteiger partial charge in [-0.1, -0.05) is 36.4 Å². The Labute approximate surface area is 188 Å². The van der Waals surface area contributed by atoms with E-state index >= 15 is 0 Å². The maximum absolute atomic E-state index is 13.0. The second-order valence-corrected chi connectivity index (χ2v) is 7.46. The Balaban J connectivity index is 1.35. The Kier molecular flexibility index (Phi) is 5.24. The predicted molar refractivity (Wildman–Crippen MR) is 123 cm³/mol. The molecule has 3 N–H and O–H groups in total. The average Bonchev–Trinajstić information content (AvgIpc) is 3.30. The number of benzene rings is 3. The van der Waals surface area contributed by atoms with Crippen molar-refractivity contribution in [2.75, 3.05) is 12.1 Å². The van der Waals surface area contributed by atoms with E-state index in [-0.39, 0.29) is 30.4 Å². The molecule has 0 saturated carbocycles. The summed E-state index contributed by atoms with van der Waals surface area (Å²) in [5, 5.41) is 6.24. The number of hydrogen-bond donors (Lipinski definition) is 3. The molecule has 0 atom stereocenters. The van der Waals surface area contributed by atoms with Crippen LogP contribution in [0.4, 0.5) is 5.69 Å². The standard InChI is InChI=1S/C25H19N3O5/c29-23-12-18(16-5-1-3-7-19(16)27-23)25(31)28-20-8-4-2-6-17(20)24(30)26-13-15-9-10-21-22(11-15)33-14-32-21/h1-12H,13-14H2,(H,26,30)(H,27,29)(H,28,31).